The molecular weight excluding hydrogens is 239 g/mol. The van der Waals surface area contributed by atoms with Gasteiger partial charge >= 0.3 is 7.12 Å². The number of aromatic nitrogens is 1. The SMILES string of the molecule is CC(C)NCCc1cnc2cc(B(O)O)ccc2c1. The highest BCUT2D eigenvalue weighted by atomic mass is 16.4. The molecule has 4 nitrogen and oxygen atoms in total. The quantitative estimate of drug-likeness (QED) is 0.681. The van der Waals surface area contributed by atoms with Crippen molar-refractivity contribution in [2.45, 2.75) is 26.3 Å². The number of nitrogens with one attached hydrogen (secondary N) is 1. The van der Waals surface area contributed by atoms with Gasteiger partial charge in [0.15, 0.2) is 0 Å². The molecule has 0 saturated carbocycles. The Morgan fingerprint density at radius 2 is 2.05 bits per heavy atom. The van der Waals surface area contributed by atoms with E-state index < -0.39 is 7.12 Å². The molecule has 1 heterocycles. The van der Waals surface area contributed by atoms with E-state index in [1.165, 1.54) is 5.56 Å². The van der Waals surface area contributed by atoms with Crippen molar-refractivity contribution in [3.05, 3.63) is 36.0 Å². The molecule has 19 heavy (non-hydrogen) atoms. The number of nitrogens with zero attached hydrogens (tertiary/aromatic N) is 1. The highest BCUT2D eigenvalue weighted by Crippen LogP contribution is 2.12. The fourth-order valence-corrected chi connectivity index (χ4v) is 1.99. The topological polar surface area (TPSA) is 65.4 Å². The molecule has 0 aliphatic heterocycles. The maximum Gasteiger partial charge on any atom is 0.488 e. The van der Waals surface area contributed by atoms with E-state index >= 15 is 0 Å². The van der Waals surface area contributed by atoms with E-state index in [1.54, 1.807) is 12.1 Å². The number of hydrogen-bond donors (Lipinski definition) is 3. The normalized spacial score (nSPS) is 11.2. The second-order valence-electron chi connectivity index (χ2n) is 5.03. The zero-order valence-electron chi connectivity index (χ0n) is 11.3. The zero-order chi connectivity index (χ0) is 13.8. The molecule has 0 atom stereocenters. The molecule has 100 valence electrons. The van der Waals surface area contributed by atoms with Crippen LogP contribution >= 0.6 is 0 Å². The Hall–Kier alpha value is -1.43. The van der Waals surface area contributed by atoms with Gasteiger partial charge in [-0.2, -0.15) is 0 Å². The summed E-state index contributed by atoms with van der Waals surface area (Å²) in [6.45, 7) is 5.18. The van der Waals surface area contributed by atoms with Gasteiger partial charge in [-0.05, 0) is 36.1 Å². The predicted molar refractivity (Wildman–Crippen MR) is 78.4 cm³/mol. The summed E-state index contributed by atoms with van der Waals surface area (Å²) in [5.41, 5.74) is 2.43. The van der Waals surface area contributed by atoms with Crippen molar-refractivity contribution in [1.29, 1.82) is 0 Å². The first kappa shape index (κ1) is 14.0. The highest BCUT2D eigenvalue weighted by Gasteiger charge is 2.11. The molecule has 0 aliphatic carbocycles. The van der Waals surface area contributed by atoms with Crippen LogP contribution in [0, 0.1) is 0 Å². The second-order valence-corrected chi connectivity index (χ2v) is 5.03. The Morgan fingerprint density at radius 1 is 1.26 bits per heavy atom. The predicted octanol–water partition coefficient (Wildman–Crippen LogP) is 0.455. The van der Waals surface area contributed by atoms with Crippen LogP contribution in [0.1, 0.15) is 19.4 Å². The van der Waals surface area contributed by atoms with E-state index in [-0.39, 0.29) is 0 Å². The standard InChI is InChI=1S/C14H19BN2O2/c1-10(2)16-6-5-11-7-12-3-4-13(15(18)19)8-14(12)17-9-11/h3-4,7-10,16,18-19H,5-6H2,1-2H3. The van der Waals surface area contributed by atoms with Crippen LogP contribution < -0.4 is 10.8 Å². The van der Waals surface area contributed by atoms with Crippen LogP contribution in [0.15, 0.2) is 30.5 Å². The van der Waals surface area contributed by atoms with Crippen LogP contribution in [0.25, 0.3) is 10.9 Å². The first-order valence-corrected chi connectivity index (χ1v) is 6.54. The van der Waals surface area contributed by atoms with Gasteiger partial charge in [-0.1, -0.05) is 26.0 Å². The van der Waals surface area contributed by atoms with Crippen LogP contribution in [0.3, 0.4) is 0 Å². The molecule has 0 unspecified atom stereocenters. The van der Waals surface area contributed by atoms with Gasteiger partial charge in [-0.25, -0.2) is 0 Å². The molecule has 2 rings (SSSR count). The summed E-state index contributed by atoms with van der Waals surface area (Å²) in [5, 5.41) is 22.6. The monoisotopic (exact) mass is 258 g/mol. The van der Waals surface area contributed by atoms with E-state index in [2.05, 4.69) is 30.2 Å². The van der Waals surface area contributed by atoms with Gasteiger partial charge in [0.1, 0.15) is 0 Å². The molecular formula is C14H19BN2O2. The summed E-state index contributed by atoms with van der Waals surface area (Å²) in [5.74, 6) is 0. The average molecular weight is 258 g/mol. The van der Waals surface area contributed by atoms with E-state index in [4.69, 9.17) is 10.0 Å². The minimum absolute atomic E-state index is 0.467. The van der Waals surface area contributed by atoms with E-state index in [1.807, 2.05) is 12.3 Å². The van der Waals surface area contributed by atoms with Crippen molar-refractivity contribution in [2.75, 3.05) is 6.54 Å². The summed E-state index contributed by atoms with van der Waals surface area (Å²) in [6.07, 6.45) is 2.78. The van der Waals surface area contributed by atoms with Gasteiger partial charge in [-0.3, -0.25) is 4.98 Å². The van der Waals surface area contributed by atoms with Gasteiger partial charge in [0, 0.05) is 17.6 Å². The van der Waals surface area contributed by atoms with E-state index in [0.29, 0.717) is 11.5 Å². The lowest BCUT2D eigenvalue weighted by Gasteiger charge is -2.08. The lowest BCUT2D eigenvalue weighted by atomic mass is 9.80. The average Bonchev–Trinajstić information content (AvgIpc) is 2.37. The van der Waals surface area contributed by atoms with Crippen molar-refractivity contribution in [1.82, 2.24) is 10.3 Å². The first-order valence-electron chi connectivity index (χ1n) is 6.54. The van der Waals surface area contributed by atoms with Gasteiger partial charge in [0.05, 0.1) is 5.52 Å². The fraction of sp³-hybridized carbons (Fsp3) is 0.357. The fourth-order valence-electron chi connectivity index (χ4n) is 1.99. The van der Waals surface area contributed by atoms with Crippen LogP contribution in [-0.2, 0) is 6.42 Å². The largest absolute Gasteiger partial charge is 0.488 e. The maximum atomic E-state index is 9.13. The van der Waals surface area contributed by atoms with Crippen LogP contribution in [0.4, 0.5) is 0 Å². The van der Waals surface area contributed by atoms with Crippen molar-refractivity contribution < 1.29 is 10.0 Å². The maximum absolute atomic E-state index is 9.13. The third-order valence-electron chi connectivity index (χ3n) is 3.03. The molecule has 0 radical (unpaired) electrons. The molecule has 0 amide bonds. The highest BCUT2D eigenvalue weighted by molar-refractivity contribution is 6.58. The van der Waals surface area contributed by atoms with Crippen LogP contribution in [-0.4, -0.2) is 34.7 Å². The van der Waals surface area contributed by atoms with E-state index in [0.717, 1.165) is 23.9 Å². The molecule has 3 N–H and O–H groups in total. The molecule has 0 saturated heterocycles. The number of pyridine rings is 1. The van der Waals surface area contributed by atoms with E-state index in [9.17, 15) is 0 Å². The smallest absolute Gasteiger partial charge is 0.423 e. The number of hydrogen-bond acceptors (Lipinski definition) is 4. The summed E-state index contributed by atoms with van der Waals surface area (Å²) in [4.78, 5) is 4.37. The molecule has 1 aromatic carbocycles. The molecule has 0 bridgehead atoms. The van der Waals surface area contributed by atoms with Gasteiger partial charge < -0.3 is 15.4 Å². The number of rotatable bonds is 5. The van der Waals surface area contributed by atoms with Crippen LogP contribution in [0.5, 0.6) is 0 Å². The molecule has 1 aromatic heterocycles. The Bertz CT molecular complexity index is 558. The number of fused-ring (bicyclic) bond motifs is 1. The van der Waals surface area contributed by atoms with Crippen molar-refractivity contribution in [3.8, 4) is 0 Å². The molecule has 5 heteroatoms. The van der Waals surface area contributed by atoms with Crippen molar-refractivity contribution >= 4 is 23.5 Å². The van der Waals surface area contributed by atoms with Crippen LogP contribution in [0.2, 0.25) is 0 Å². The second kappa shape index (κ2) is 6.15. The minimum Gasteiger partial charge on any atom is -0.423 e. The minimum atomic E-state index is -1.44. The Labute approximate surface area is 113 Å². The summed E-state index contributed by atoms with van der Waals surface area (Å²) >= 11 is 0. The third-order valence-corrected chi connectivity index (χ3v) is 3.03. The molecule has 0 aliphatic rings. The molecule has 0 fully saturated rings. The molecule has 2 aromatic rings. The first-order chi connectivity index (χ1) is 9.06. The van der Waals surface area contributed by atoms with Gasteiger partial charge in [0.2, 0.25) is 0 Å². The third kappa shape index (κ3) is 3.77. The summed E-state index contributed by atoms with van der Waals surface area (Å²) in [7, 11) is -1.44. The lowest BCUT2D eigenvalue weighted by molar-refractivity contribution is 0.426. The Balaban J connectivity index is 2.15. The Kier molecular flexibility index (Phi) is 4.53. The molecule has 0 spiro atoms. The summed E-state index contributed by atoms with van der Waals surface area (Å²) < 4.78 is 0. The summed E-state index contributed by atoms with van der Waals surface area (Å²) in [6, 6.07) is 7.87. The zero-order valence-corrected chi connectivity index (χ0v) is 11.3. The van der Waals surface area contributed by atoms with Gasteiger partial charge in [-0.15, -0.1) is 0 Å². The van der Waals surface area contributed by atoms with Crippen molar-refractivity contribution in [3.63, 3.8) is 0 Å². The number of benzene rings is 1. The van der Waals surface area contributed by atoms with Gasteiger partial charge in [0.25, 0.3) is 0 Å². The van der Waals surface area contributed by atoms with Crippen molar-refractivity contribution in [2.24, 2.45) is 0 Å². The lowest BCUT2D eigenvalue weighted by Crippen LogP contribution is -2.29. The Morgan fingerprint density at radius 3 is 2.74 bits per heavy atom.